The van der Waals surface area contributed by atoms with Crippen LogP contribution in [-0.4, -0.2) is 28.2 Å². The van der Waals surface area contributed by atoms with Gasteiger partial charge in [-0.3, -0.25) is 4.79 Å². The van der Waals surface area contributed by atoms with Crippen LogP contribution in [-0.2, 0) is 4.79 Å². The van der Waals surface area contributed by atoms with Crippen LogP contribution in [0.4, 0.5) is 0 Å². The topological polar surface area (TPSA) is 57.5 Å². The Bertz CT molecular complexity index is 183. The molecule has 0 aromatic rings. The van der Waals surface area contributed by atoms with E-state index in [4.69, 9.17) is 10.2 Å². The van der Waals surface area contributed by atoms with E-state index in [1.54, 1.807) is 6.92 Å². The molecule has 0 aromatic carbocycles. The summed E-state index contributed by atoms with van der Waals surface area (Å²) in [5.41, 5.74) is 0.545. The van der Waals surface area contributed by atoms with Gasteiger partial charge in [0.1, 0.15) is 6.10 Å². The van der Waals surface area contributed by atoms with Crippen LogP contribution in [0.1, 0.15) is 13.3 Å². The van der Waals surface area contributed by atoms with Gasteiger partial charge in [-0.05, 0) is 18.6 Å². The van der Waals surface area contributed by atoms with Crippen LogP contribution in [0.15, 0.2) is 11.6 Å². The van der Waals surface area contributed by atoms with Crippen molar-refractivity contribution in [2.24, 2.45) is 0 Å². The second kappa shape index (κ2) is 2.52. The number of aliphatic hydroxyl groups is 2. The van der Waals surface area contributed by atoms with E-state index < -0.39 is 12.2 Å². The predicted octanol–water partition coefficient (Wildman–Crippen LogP) is -0.373. The Kier molecular flexibility index (Phi) is 1.87. The smallest absolute Gasteiger partial charge is 0.158 e. The molecule has 0 amide bonds. The van der Waals surface area contributed by atoms with Crippen molar-refractivity contribution in [1.82, 2.24) is 0 Å². The number of carbonyl (C=O) groups excluding carboxylic acids is 1. The fraction of sp³-hybridized carbons (Fsp3) is 0.571. The number of carbonyl (C=O) groups is 1. The highest BCUT2D eigenvalue weighted by Gasteiger charge is 2.24. The summed E-state index contributed by atoms with van der Waals surface area (Å²) in [4.78, 5) is 10.7. The minimum Gasteiger partial charge on any atom is -0.390 e. The number of rotatable bonds is 0. The van der Waals surface area contributed by atoms with Crippen molar-refractivity contribution in [2.75, 3.05) is 0 Å². The molecular formula is C7H10O3. The molecule has 0 aromatic heterocycles. The van der Waals surface area contributed by atoms with Crippen LogP contribution in [0.5, 0.6) is 0 Å². The maximum atomic E-state index is 10.7. The van der Waals surface area contributed by atoms with Crippen molar-refractivity contribution >= 4 is 5.78 Å². The molecule has 0 unspecified atom stereocenters. The van der Waals surface area contributed by atoms with Crippen LogP contribution < -0.4 is 0 Å². The molecule has 3 nitrogen and oxygen atoms in total. The van der Waals surface area contributed by atoms with Gasteiger partial charge in [0.05, 0.1) is 6.10 Å². The predicted molar refractivity (Wildman–Crippen MR) is 35.4 cm³/mol. The number of hydrogen-bond donors (Lipinski definition) is 2. The summed E-state index contributed by atoms with van der Waals surface area (Å²) in [5.74, 6) is -0.115. The fourth-order valence-corrected chi connectivity index (χ4v) is 1.02. The molecule has 0 radical (unpaired) electrons. The average Bonchev–Trinajstić information content (AvgIpc) is 1.82. The van der Waals surface area contributed by atoms with Gasteiger partial charge >= 0.3 is 0 Å². The van der Waals surface area contributed by atoms with Crippen molar-refractivity contribution < 1.29 is 15.0 Å². The van der Waals surface area contributed by atoms with Crippen molar-refractivity contribution in [3.8, 4) is 0 Å². The molecule has 56 valence electrons. The second-order valence-corrected chi connectivity index (χ2v) is 2.57. The van der Waals surface area contributed by atoms with Crippen LogP contribution >= 0.6 is 0 Å². The van der Waals surface area contributed by atoms with Crippen molar-refractivity contribution in [3.05, 3.63) is 11.6 Å². The van der Waals surface area contributed by atoms with Crippen LogP contribution in [0, 0.1) is 0 Å². The van der Waals surface area contributed by atoms with Gasteiger partial charge < -0.3 is 10.2 Å². The van der Waals surface area contributed by atoms with Gasteiger partial charge in [0, 0.05) is 6.42 Å². The standard InChI is InChI=1S/C7H10O3/c1-4-2-5(8)3-6(9)7(4)10/h2,6-7,9-10H,3H2,1H3/t6-,7+/m0/s1. The van der Waals surface area contributed by atoms with Crippen molar-refractivity contribution in [3.63, 3.8) is 0 Å². The molecule has 0 heterocycles. The van der Waals surface area contributed by atoms with E-state index in [1.165, 1.54) is 6.08 Å². The Balaban J connectivity index is 2.80. The Morgan fingerprint density at radius 2 is 2.20 bits per heavy atom. The van der Waals surface area contributed by atoms with Crippen LogP contribution in [0.2, 0.25) is 0 Å². The number of allylic oxidation sites excluding steroid dienone is 1. The van der Waals surface area contributed by atoms with E-state index >= 15 is 0 Å². The maximum absolute atomic E-state index is 10.7. The average molecular weight is 142 g/mol. The normalized spacial score (nSPS) is 33.9. The van der Waals surface area contributed by atoms with E-state index in [2.05, 4.69) is 0 Å². The zero-order chi connectivity index (χ0) is 7.72. The molecule has 0 saturated heterocycles. The van der Waals surface area contributed by atoms with Gasteiger partial charge in [-0.25, -0.2) is 0 Å². The third kappa shape index (κ3) is 1.25. The Morgan fingerprint density at radius 1 is 1.60 bits per heavy atom. The quantitative estimate of drug-likeness (QED) is 0.485. The summed E-state index contributed by atoms with van der Waals surface area (Å²) in [6, 6.07) is 0. The number of aliphatic hydroxyl groups excluding tert-OH is 2. The summed E-state index contributed by atoms with van der Waals surface area (Å²) in [6.45, 7) is 1.63. The van der Waals surface area contributed by atoms with Gasteiger partial charge in [0.15, 0.2) is 5.78 Å². The molecular weight excluding hydrogens is 132 g/mol. The van der Waals surface area contributed by atoms with E-state index in [0.717, 1.165) is 0 Å². The summed E-state index contributed by atoms with van der Waals surface area (Å²) >= 11 is 0. The highest BCUT2D eigenvalue weighted by Crippen LogP contribution is 2.15. The summed E-state index contributed by atoms with van der Waals surface area (Å²) in [7, 11) is 0. The third-order valence-electron chi connectivity index (χ3n) is 1.63. The molecule has 1 aliphatic carbocycles. The molecule has 1 aliphatic rings. The van der Waals surface area contributed by atoms with Crippen LogP contribution in [0.3, 0.4) is 0 Å². The molecule has 0 aliphatic heterocycles. The molecule has 2 atom stereocenters. The maximum Gasteiger partial charge on any atom is 0.158 e. The largest absolute Gasteiger partial charge is 0.390 e. The zero-order valence-corrected chi connectivity index (χ0v) is 5.74. The highest BCUT2D eigenvalue weighted by atomic mass is 16.3. The molecule has 3 heteroatoms. The fourth-order valence-electron chi connectivity index (χ4n) is 1.02. The summed E-state index contributed by atoms with van der Waals surface area (Å²) < 4.78 is 0. The van der Waals surface area contributed by atoms with Gasteiger partial charge in [0.25, 0.3) is 0 Å². The SMILES string of the molecule is CC1=CC(=O)C[C@H](O)[C@@H]1O. The van der Waals surface area contributed by atoms with E-state index in [0.29, 0.717) is 5.57 Å². The lowest BCUT2D eigenvalue weighted by Gasteiger charge is -2.21. The van der Waals surface area contributed by atoms with Crippen LogP contribution in [0.25, 0.3) is 0 Å². The minimum atomic E-state index is -0.905. The highest BCUT2D eigenvalue weighted by molar-refractivity contribution is 5.91. The second-order valence-electron chi connectivity index (χ2n) is 2.57. The number of ketones is 1. The first-order valence-electron chi connectivity index (χ1n) is 3.18. The molecule has 2 N–H and O–H groups in total. The lowest BCUT2D eigenvalue weighted by atomic mass is 9.94. The molecule has 1 rings (SSSR count). The van der Waals surface area contributed by atoms with Crippen molar-refractivity contribution in [2.45, 2.75) is 25.6 Å². The Hall–Kier alpha value is -0.670. The lowest BCUT2D eigenvalue weighted by Crippen LogP contribution is -2.32. The van der Waals surface area contributed by atoms with E-state index in [-0.39, 0.29) is 12.2 Å². The number of hydrogen-bond acceptors (Lipinski definition) is 3. The van der Waals surface area contributed by atoms with Gasteiger partial charge in [-0.1, -0.05) is 0 Å². The molecule has 0 saturated carbocycles. The zero-order valence-electron chi connectivity index (χ0n) is 5.74. The van der Waals surface area contributed by atoms with E-state index in [9.17, 15) is 4.79 Å². The van der Waals surface area contributed by atoms with Crippen molar-refractivity contribution in [1.29, 1.82) is 0 Å². The first-order chi connectivity index (χ1) is 4.61. The summed E-state index contributed by atoms with van der Waals surface area (Å²) in [5, 5.41) is 18.1. The van der Waals surface area contributed by atoms with Gasteiger partial charge in [-0.2, -0.15) is 0 Å². The molecule has 0 fully saturated rings. The Morgan fingerprint density at radius 3 is 2.70 bits per heavy atom. The first-order valence-corrected chi connectivity index (χ1v) is 3.18. The van der Waals surface area contributed by atoms with E-state index in [1.807, 2.05) is 0 Å². The Labute approximate surface area is 59.0 Å². The van der Waals surface area contributed by atoms with Gasteiger partial charge in [0.2, 0.25) is 0 Å². The summed E-state index contributed by atoms with van der Waals surface area (Å²) in [6.07, 6.45) is -0.342. The monoisotopic (exact) mass is 142 g/mol. The van der Waals surface area contributed by atoms with Gasteiger partial charge in [-0.15, -0.1) is 0 Å². The molecule has 0 spiro atoms. The third-order valence-corrected chi connectivity index (χ3v) is 1.63. The first kappa shape index (κ1) is 7.44. The minimum absolute atomic E-state index is 0.0402. The molecule has 10 heavy (non-hydrogen) atoms. The molecule has 0 bridgehead atoms. The lowest BCUT2D eigenvalue weighted by molar-refractivity contribution is -0.119.